The summed E-state index contributed by atoms with van der Waals surface area (Å²) in [5.74, 6) is 2.05. The van der Waals surface area contributed by atoms with Gasteiger partial charge in [0.25, 0.3) is 0 Å². The third-order valence-corrected chi connectivity index (χ3v) is 7.51. The number of hydrogen-bond acceptors (Lipinski definition) is 3. The fraction of sp³-hybridized carbons (Fsp3) is 0.667. The summed E-state index contributed by atoms with van der Waals surface area (Å²) in [4.78, 5) is 0. The van der Waals surface area contributed by atoms with Crippen LogP contribution in [0.3, 0.4) is 0 Å². The minimum absolute atomic E-state index is 0.0704. The SMILES string of the molecule is Cc1cc(Br)c2c3c1O[C@H]1C(O)[C@H](O)C[C@H]4[C@H](CCC[C@]314)C2. The molecule has 1 unspecified atom stereocenters. The van der Waals surface area contributed by atoms with E-state index in [9.17, 15) is 10.2 Å². The zero-order valence-corrected chi connectivity index (χ0v) is 14.3. The Kier molecular flexibility index (Phi) is 2.69. The molecule has 118 valence electrons. The average molecular weight is 365 g/mol. The average Bonchev–Trinajstić information content (AvgIpc) is 2.80. The van der Waals surface area contributed by atoms with Crippen LogP contribution in [0.15, 0.2) is 10.5 Å². The van der Waals surface area contributed by atoms with Crippen LogP contribution in [0.1, 0.15) is 42.4 Å². The molecule has 2 saturated carbocycles. The van der Waals surface area contributed by atoms with E-state index in [1.807, 2.05) is 0 Å². The van der Waals surface area contributed by atoms with Gasteiger partial charge < -0.3 is 14.9 Å². The highest BCUT2D eigenvalue weighted by Gasteiger charge is 2.66. The van der Waals surface area contributed by atoms with Crippen LogP contribution in [0, 0.1) is 18.8 Å². The van der Waals surface area contributed by atoms with Crippen molar-refractivity contribution in [2.45, 2.75) is 62.8 Å². The first-order valence-corrected chi connectivity index (χ1v) is 9.18. The van der Waals surface area contributed by atoms with Gasteiger partial charge in [0, 0.05) is 15.5 Å². The van der Waals surface area contributed by atoms with Crippen molar-refractivity contribution in [2.24, 2.45) is 11.8 Å². The molecule has 3 nitrogen and oxygen atoms in total. The highest BCUT2D eigenvalue weighted by atomic mass is 79.9. The molecule has 3 aliphatic carbocycles. The Labute approximate surface area is 138 Å². The minimum Gasteiger partial charge on any atom is -0.486 e. The Morgan fingerprint density at radius 3 is 3.00 bits per heavy atom. The van der Waals surface area contributed by atoms with E-state index in [4.69, 9.17) is 4.74 Å². The van der Waals surface area contributed by atoms with Crippen molar-refractivity contribution in [3.05, 3.63) is 27.2 Å². The highest BCUT2D eigenvalue weighted by Crippen LogP contribution is 2.65. The summed E-state index contributed by atoms with van der Waals surface area (Å²) in [6, 6.07) is 2.15. The van der Waals surface area contributed by atoms with Gasteiger partial charge in [0.15, 0.2) is 0 Å². The number of aliphatic hydroxyl groups is 2. The predicted molar refractivity (Wildman–Crippen MR) is 86.1 cm³/mol. The van der Waals surface area contributed by atoms with Gasteiger partial charge in [-0.05, 0) is 61.6 Å². The minimum atomic E-state index is -0.772. The summed E-state index contributed by atoms with van der Waals surface area (Å²) in [6.45, 7) is 2.08. The molecule has 4 heteroatoms. The van der Waals surface area contributed by atoms with E-state index in [0.717, 1.165) is 30.6 Å². The zero-order chi connectivity index (χ0) is 15.2. The Morgan fingerprint density at radius 2 is 2.18 bits per heavy atom. The number of aliphatic hydroxyl groups excluding tert-OH is 2. The molecule has 0 radical (unpaired) electrons. The fourth-order valence-electron chi connectivity index (χ4n) is 6.03. The van der Waals surface area contributed by atoms with E-state index in [1.54, 1.807) is 0 Å². The maximum atomic E-state index is 10.6. The van der Waals surface area contributed by atoms with Gasteiger partial charge >= 0.3 is 0 Å². The standard InChI is InChI=1S/C18H21BrO3/c1-8-5-12(19)10-6-9-3-2-4-18-11(9)7-13(20)15(21)17(18)22-16(8)14(10)18/h5,9,11,13,15,17,20-21H,2-4,6-7H2,1H3/t9-,11+,13-,15?,17+,18+/m1/s1. The van der Waals surface area contributed by atoms with Gasteiger partial charge in [0.1, 0.15) is 18.0 Å². The van der Waals surface area contributed by atoms with Crippen LogP contribution in [0.25, 0.3) is 0 Å². The summed E-state index contributed by atoms with van der Waals surface area (Å²) >= 11 is 3.77. The largest absolute Gasteiger partial charge is 0.486 e. The lowest BCUT2D eigenvalue weighted by molar-refractivity contribution is -0.143. The molecule has 0 amide bonds. The molecular weight excluding hydrogens is 344 g/mol. The molecule has 22 heavy (non-hydrogen) atoms. The smallest absolute Gasteiger partial charge is 0.137 e. The van der Waals surface area contributed by atoms with Gasteiger partial charge in [0.2, 0.25) is 0 Å². The fourth-order valence-corrected chi connectivity index (χ4v) is 6.73. The first kappa shape index (κ1) is 13.8. The van der Waals surface area contributed by atoms with E-state index in [0.29, 0.717) is 11.8 Å². The second-order valence-electron chi connectivity index (χ2n) is 7.69. The van der Waals surface area contributed by atoms with Gasteiger partial charge in [-0.3, -0.25) is 0 Å². The Bertz CT molecular complexity index is 673. The zero-order valence-electron chi connectivity index (χ0n) is 12.7. The number of rotatable bonds is 0. The lowest BCUT2D eigenvalue weighted by Crippen LogP contribution is -2.63. The van der Waals surface area contributed by atoms with E-state index in [-0.39, 0.29) is 11.5 Å². The van der Waals surface area contributed by atoms with Crippen molar-refractivity contribution in [3.63, 3.8) is 0 Å². The number of aryl methyl sites for hydroxylation is 1. The maximum Gasteiger partial charge on any atom is 0.137 e. The molecule has 1 heterocycles. The van der Waals surface area contributed by atoms with E-state index >= 15 is 0 Å². The Hall–Kier alpha value is -0.580. The number of halogens is 1. The maximum absolute atomic E-state index is 10.6. The molecule has 6 atom stereocenters. The quantitative estimate of drug-likeness (QED) is 0.744. The van der Waals surface area contributed by atoms with Crippen molar-refractivity contribution in [1.82, 2.24) is 0 Å². The Morgan fingerprint density at radius 1 is 1.36 bits per heavy atom. The number of ether oxygens (including phenoxy) is 1. The normalized spacial score (nSPS) is 44.5. The molecule has 2 N–H and O–H groups in total. The van der Waals surface area contributed by atoms with Crippen LogP contribution >= 0.6 is 15.9 Å². The second-order valence-corrected chi connectivity index (χ2v) is 8.55. The summed E-state index contributed by atoms with van der Waals surface area (Å²) in [5, 5.41) is 21.0. The van der Waals surface area contributed by atoms with Crippen LogP contribution in [0.5, 0.6) is 5.75 Å². The van der Waals surface area contributed by atoms with E-state index in [1.165, 1.54) is 28.4 Å². The number of benzene rings is 1. The molecule has 0 aromatic heterocycles. The molecule has 1 aliphatic heterocycles. The van der Waals surface area contributed by atoms with Gasteiger partial charge in [-0.15, -0.1) is 0 Å². The van der Waals surface area contributed by atoms with Gasteiger partial charge in [-0.2, -0.15) is 0 Å². The van der Waals surface area contributed by atoms with Crippen molar-refractivity contribution in [3.8, 4) is 5.75 Å². The topological polar surface area (TPSA) is 49.7 Å². The van der Waals surface area contributed by atoms with Crippen LogP contribution in [-0.4, -0.2) is 28.5 Å². The lowest BCUT2D eigenvalue weighted by atomic mass is 9.47. The van der Waals surface area contributed by atoms with Crippen LogP contribution in [-0.2, 0) is 11.8 Å². The van der Waals surface area contributed by atoms with E-state index in [2.05, 4.69) is 28.9 Å². The molecule has 2 fully saturated rings. The molecule has 4 aliphatic rings. The molecule has 1 spiro atoms. The summed E-state index contributed by atoms with van der Waals surface area (Å²) in [6.07, 6.45) is 3.62. The monoisotopic (exact) mass is 364 g/mol. The summed E-state index contributed by atoms with van der Waals surface area (Å²) < 4.78 is 7.51. The molecular formula is C18H21BrO3. The molecule has 2 bridgehead atoms. The third-order valence-electron chi connectivity index (χ3n) is 6.80. The van der Waals surface area contributed by atoms with Crippen LogP contribution < -0.4 is 4.74 Å². The lowest BCUT2D eigenvalue weighted by Gasteiger charge is -2.57. The first-order valence-electron chi connectivity index (χ1n) is 8.39. The second kappa shape index (κ2) is 4.28. The van der Waals surface area contributed by atoms with Crippen LogP contribution in [0.2, 0.25) is 0 Å². The van der Waals surface area contributed by atoms with E-state index < -0.39 is 12.2 Å². The molecule has 0 saturated heterocycles. The predicted octanol–water partition coefficient (Wildman–Crippen LogP) is 2.85. The Balaban J connectivity index is 1.83. The van der Waals surface area contributed by atoms with Crippen LogP contribution in [0.4, 0.5) is 0 Å². The summed E-state index contributed by atoms with van der Waals surface area (Å²) in [7, 11) is 0. The van der Waals surface area contributed by atoms with Crippen molar-refractivity contribution in [2.75, 3.05) is 0 Å². The molecule has 1 aromatic rings. The van der Waals surface area contributed by atoms with Crippen molar-refractivity contribution >= 4 is 15.9 Å². The van der Waals surface area contributed by atoms with Gasteiger partial charge in [0.05, 0.1) is 6.10 Å². The first-order chi connectivity index (χ1) is 10.5. The number of hydrogen-bond donors (Lipinski definition) is 2. The molecule has 5 rings (SSSR count). The van der Waals surface area contributed by atoms with Gasteiger partial charge in [-0.25, -0.2) is 0 Å². The van der Waals surface area contributed by atoms with Crippen molar-refractivity contribution < 1.29 is 14.9 Å². The van der Waals surface area contributed by atoms with Gasteiger partial charge in [-0.1, -0.05) is 22.4 Å². The molecule has 1 aromatic carbocycles. The summed E-state index contributed by atoms with van der Waals surface area (Å²) in [5.41, 5.74) is 3.82. The van der Waals surface area contributed by atoms with Crippen molar-refractivity contribution in [1.29, 1.82) is 0 Å². The third kappa shape index (κ3) is 1.41. The highest BCUT2D eigenvalue weighted by molar-refractivity contribution is 9.10.